The first-order valence-electron chi connectivity index (χ1n) is 9.44. The van der Waals surface area contributed by atoms with Gasteiger partial charge >= 0.3 is 5.97 Å². The highest BCUT2D eigenvalue weighted by atomic mass is 35.5. The maximum atomic E-state index is 14.7. The van der Waals surface area contributed by atoms with Crippen molar-refractivity contribution in [2.75, 3.05) is 7.11 Å². The fourth-order valence-electron chi connectivity index (χ4n) is 3.48. The number of ether oxygens (including phenoxy) is 3. The number of methoxy groups -OCH3 is 1. The predicted molar refractivity (Wildman–Crippen MR) is 115 cm³/mol. The molecular weight excluding hydrogens is 435 g/mol. The van der Waals surface area contributed by atoms with Gasteiger partial charge in [-0.15, -0.1) is 0 Å². The Morgan fingerprint density at radius 1 is 1.16 bits per heavy atom. The summed E-state index contributed by atoms with van der Waals surface area (Å²) >= 11 is 6.26. The van der Waals surface area contributed by atoms with E-state index in [0.717, 1.165) is 0 Å². The number of hydrogen-bond donors (Lipinski definition) is 1. The molecule has 0 spiro atoms. The Bertz CT molecular complexity index is 1260. The fraction of sp³-hybridized carbons (Fsp3) is 0.0833. The molecule has 3 aromatic carbocycles. The minimum absolute atomic E-state index is 0.0347. The molecule has 0 aliphatic carbocycles. The summed E-state index contributed by atoms with van der Waals surface area (Å²) in [4.78, 5) is 12.5. The smallest absolute Gasteiger partial charge is 0.343 e. The minimum Gasteiger partial charge on any atom is -0.497 e. The van der Waals surface area contributed by atoms with Crippen LogP contribution >= 0.6 is 11.6 Å². The third kappa shape index (κ3) is 3.84. The van der Waals surface area contributed by atoms with Gasteiger partial charge in [0.2, 0.25) is 5.88 Å². The molecule has 3 aromatic rings. The van der Waals surface area contributed by atoms with Crippen LogP contribution in [0.4, 0.5) is 4.39 Å². The number of nitrogens with zero attached hydrogens (tertiary/aromatic N) is 1. The van der Waals surface area contributed by atoms with Crippen molar-refractivity contribution in [1.29, 1.82) is 5.26 Å². The van der Waals surface area contributed by atoms with Crippen molar-refractivity contribution in [3.05, 3.63) is 99.7 Å². The second-order valence-electron chi connectivity index (χ2n) is 6.88. The number of carbonyl (C=O) groups excluding carboxylic acids is 1. The van der Waals surface area contributed by atoms with Crippen molar-refractivity contribution in [2.24, 2.45) is 5.73 Å². The largest absolute Gasteiger partial charge is 0.497 e. The van der Waals surface area contributed by atoms with Gasteiger partial charge < -0.3 is 19.9 Å². The van der Waals surface area contributed by atoms with Crippen LogP contribution in [0.1, 0.15) is 27.4 Å². The number of hydrogen-bond acceptors (Lipinski definition) is 6. The Morgan fingerprint density at radius 3 is 2.53 bits per heavy atom. The Hall–Kier alpha value is -4.02. The summed E-state index contributed by atoms with van der Waals surface area (Å²) in [7, 11) is 1.53. The van der Waals surface area contributed by atoms with Crippen LogP contribution in [-0.2, 0) is 0 Å². The molecule has 8 heteroatoms. The van der Waals surface area contributed by atoms with E-state index in [0.29, 0.717) is 16.9 Å². The van der Waals surface area contributed by atoms with E-state index in [9.17, 15) is 14.4 Å². The van der Waals surface area contributed by atoms with Gasteiger partial charge in [0.1, 0.15) is 34.7 Å². The van der Waals surface area contributed by atoms with Crippen LogP contribution in [0.15, 0.2) is 72.1 Å². The Balaban J connectivity index is 1.70. The van der Waals surface area contributed by atoms with Crippen LogP contribution in [0, 0.1) is 17.1 Å². The topological polar surface area (TPSA) is 94.6 Å². The summed E-state index contributed by atoms with van der Waals surface area (Å²) in [5.41, 5.74) is 6.89. The molecule has 0 radical (unpaired) electrons. The van der Waals surface area contributed by atoms with Gasteiger partial charge in [-0.1, -0.05) is 23.7 Å². The van der Waals surface area contributed by atoms with Gasteiger partial charge in [-0.2, -0.15) is 5.26 Å². The molecule has 1 atom stereocenters. The van der Waals surface area contributed by atoms with E-state index in [-0.39, 0.29) is 33.5 Å². The molecule has 1 aliphatic rings. The van der Waals surface area contributed by atoms with Crippen molar-refractivity contribution < 1.29 is 23.4 Å². The van der Waals surface area contributed by atoms with Gasteiger partial charge in [0.15, 0.2) is 0 Å². The highest BCUT2D eigenvalue weighted by molar-refractivity contribution is 6.31. The van der Waals surface area contributed by atoms with Crippen molar-refractivity contribution in [2.45, 2.75) is 5.92 Å². The zero-order valence-electron chi connectivity index (χ0n) is 16.8. The number of rotatable bonds is 4. The van der Waals surface area contributed by atoms with E-state index in [1.54, 1.807) is 30.3 Å². The molecule has 0 bridgehead atoms. The summed E-state index contributed by atoms with van der Waals surface area (Å²) in [5.74, 6) is -1.19. The van der Waals surface area contributed by atoms with Gasteiger partial charge in [0, 0.05) is 22.2 Å². The molecule has 0 amide bonds. The maximum Gasteiger partial charge on any atom is 0.343 e. The average Bonchev–Trinajstić information content (AvgIpc) is 2.78. The first-order valence-corrected chi connectivity index (χ1v) is 9.82. The van der Waals surface area contributed by atoms with Gasteiger partial charge in [0.25, 0.3) is 0 Å². The molecule has 32 heavy (non-hydrogen) atoms. The number of esters is 1. The second-order valence-corrected chi connectivity index (χ2v) is 7.28. The lowest BCUT2D eigenvalue weighted by Crippen LogP contribution is -2.22. The van der Waals surface area contributed by atoms with Crippen molar-refractivity contribution >= 4 is 17.6 Å². The number of benzene rings is 3. The molecular formula is C24H16ClFN2O4. The van der Waals surface area contributed by atoms with Crippen LogP contribution in [0.25, 0.3) is 0 Å². The summed E-state index contributed by atoms with van der Waals surface area (Å²) in [6.07, 6.45) is 0. The van der Waals surface area contributed by atoms with Gasteiger partial charge in [-0.3, -0.25) is 0 Å². The molecule has 1 aliphatic heterocycles. The second kappa shape index (κ2) is 8.61. The third-order valence-electron chi connectivity index (χ3n) is 5.02. The normalized spacial score (nSPS) is 14.8. The van der Waals surface area contributed by atoms with Crippen LogP contribution < -0.4 is 19.9 Å². The van der Waals surface area contributed by atoms with Gasteiger partial charge in [-0.25, -0.2) is 9.18 Å². The van der Waals surface area contributed by atoms with Crippen LogP contribution in [-0.4, -0.2) is 13.1 Å². The first-order chi connectivity index (χ1) is 15.4. The van der Waals surface area contributed by atoms with E-state index in [1.165, 1.54) is 37.4 Å². The Labute approximate surface area is 188 Å². The summed E-state index contributed by atoms with van der Waals surface area (Å²) < 4.78 is 30.8. The van der Waals surface area contributed by atoms with E-state index < -0.39 is 17.7 Å². The zero-order valence-corrected chi connectivity index (χ0v) is 17.5. The predicted octanol–water partition coefficient (Wildman–Crippen LogP) is 4.93. The molecule has 0 aromatic heterocycles. The lowest BCUT2D eigenvalue weighted by atomic mass is 9.83. The molecule has 1 heterocycles. The van der Waals surface area contributed by atoms with E-state index in [4.69, 9.17) is 31.5 Å². The van der Waals surface area contributed by atoms with Crippen molar-refractivity contribution in [3.8, 4) is 23.3 Å². The molecule has 0 saturated carbocycles. The number of carbonyl (C=O) groups is 1. The molecule has 1 unspecified atom stereocenters. The number of fused-ring (bicyclic) bond motifs is 1. The number of nitriles is 1. The Kier molecular flexibility index (Phi) is 5.71. The maximum absolute atomic E-state index is 14.7. The molecule has 0 saturated heterocycles. The third-order valence-corrected chi connectivity index (χ3v) is 5.34. The molecule has 160 valence electrons. The summed E-state index contributed by atoms with van der Waals surface area (Å²) in [6.45, 7) is 0. The SMILES string of the molecule is COc1ccc(C(=O)Oc2ccc3c(c2)OC(N)=C(C#N)C3c2c(F)cccc2Cl)cc1. The average molecular weight is 451 g/mol. The monoisotopic (exact) mass is 450 g/mol. The highest BCUT2D eigenvalue weighted by Crippen LogP contribution is 2.46. The van der Waals surface area contributed by atoms with Crippen molar-refractivity contribution in [1.82, 2.24) is 0 Å². The quantitative estimate of drug-likeness (QED) is 0.447. The Morgan fingerprint density at radius 2 is 1.88 bits per heavy atom. The van der Waals surface area contributed by atoms with Crippen LogP contribution in [0.3, 0.4) is 0 Å². The van der Waals surface area contributed by atoms with Gasteiger partial charge in [0.05, 0.1) is 18.6 Å². The lowest BCUT2D eigenvalue weighted by molar-refractivity contribution is 0.0734. The van der Waals surface area contributed by atoms with E-state index in [2.05, 4.69) is 0 Å². The summed E-state index contributed by atoms with van der Waals surface area (Å²) in [6, 6.07) is 17.3. The molecule has 6 nitrogen and oxygen atoms in total. The minimum atomic E-state index is -0.871. The molecule has 4 rings (SSSR count). The van der Waals surface area contributed by atoms with Crippen LogP contribution in [0.5, 0.6) is 17.2 Å². The zero-order chi connectivity index (χ0) is 22.8. The number of allylic oxidation sites excluding steroid dienone is 1. The molecule has 2 N–H and O–H groups in total. The van der Waals surface area contributed by atoms with Gasteiger partial charge in [-0.05, 0) is 42.5 Å². The van der Waals surface area contributed by atoms with Crippen molar-refractivity contribution in [3.63, 3.8) is 0 Å². The summed E-state index contributed by atoms with van der Waals surface area (Å²) in [5, 5.41) is 9.78. The number of nitrogens with two attached hydrogens (primary N) is 1. The standard InChI is InChI=1S/C24H16ClFN2O4/c1-30-14-7-5-13(6-8-14)24(29)31-15-9-10-16-20(11-15)32-23(28)17(12-27)21(16)22-18(25)3-2-4-19(22)26/h2-11,21H,28H2,1H3. The van der Waals surface area contributed by atoms with E-state index >= 15 is 0 Å². The first kappa shape index (κ1) is 21.2. The molecule has 0 fully saturated rings. The van der Waals surface area contributed by atoms with E-state index in [1.807, 2.05) is 6.07 Å². The highest BCUT2D eigenvalue weighted by Gasteiger charge is 2.34. The van der Waals surface area contributed by atoms with Crippen LogP contribution in [0.2, 0.25) is 5.02 Å². The lowest BCUT2D eigenvalue weighted by Gasteiger charge is -2.27. The number of halogens is 2. The fourth-order valence-corrected chi connectivity index (χ4v) is 3.75.